The summed E-state index contributed by atoms with van der Waals surface area (Å²) in [7, 11) is 0. The zero-order chi connectivity index (χ0) is 10.8. The largest absolute Gasteiger partial charge is 0.392 e. The van der Waals surface area contributed by atoms with Crippen LogP contribution in [0.2, 0.25) is 0 Å². The first-order valence-corrected chi connectivity index (χ1v) is 4.91. The lowest BCUT2D eigenvalue weighted by Crippen LogP contribution is -2.20. The van der Waals surface area contributed by atoms with E-state index in [0.717, 1.165) is 12.8 Å². The molecule has 1 atom stereocenters. The monoisotopic (exact) mass is 196 g/mol. The summed E-state index contributed by atoms with van der Waals surface area (Å²) in [5.41, 5.74) is 0.177. The Morgan fingerprint density at radius 1 is 1.57 bits per heavy atom. The molecule has 2 heteroatoms. The third-order valence-corrected chi connectivity index (χ3v) is 2.87. The van der Waals surface area contributed by atoms with Gasteiger partial charge in [0.15, 0.2) is 0 Å². The SMILES string of the molecule is C=C(F)/C(=C\C=C/C)C1([C@@H](C)O)CC1. The maximum atomic E-state index is 13.2. The second kappa shape index (κ2) is 4.09. The predicted octanol–water partition coefficient (Wildman–Crippen LogP) is 3.13. The summed E-state index contributed by atoms with van der Waals surface area (Å²) < 4.78 is 13.2. The molecule has 1 fully saturated rings. The lowest BCUT2D eigenvalue weighted by atomic mass is 9.89. The molecule has 1 rings (SSSR count). The van der Waals surface area contributed by atoms with E-state index < -0.39 is 11.9 Å². The molecule has 0 aromatic carbocycles. The van der Waals surface area contributed by atoms with Gasteiger partial charge in [0.2, 0.25) is 0 Å². The Bertz CT molecular complexity index is 283. The first-order valence-electron chi connectivity index (χ1n) is 4.91. The van der Waals surface area contributed by atoms with Gasteiger partial charge in [-0.15, -0.1) is 0 Å². The molecule has 0 amide bonds. The summed E-state index contributed by atoms with van der Waals surface area (Å²) in [6.07, 6.45) is 6.51. The van der Waals surface area contributed by atoms with Crippen molar-refractivity contribution in [2.75, 3.05) is 0 Å². The molecule has 1 saturated carbocycles. The molecule has 0 heterocycles. The van der Waals surface area contributed by atoms with E-state index in [1.165, 1.54) is 0 Å². The molecule has 1 N–H and O–H groups in total. The van der Waals surface area contributed by atoms with Crippen LogP contribution in [0.5, 0.6) is 0 Å². The van der Waals surface area contributed by atoms with Gasteiger partial charge in [-0.1, -0.05) is 24.8 Å². The number of allylic oxidation sites excluding steroid dienone is 4. The number of aliphatic hydroxyl groups is 1. The molecule has 1 aliphatic rings. The van der Waals surface area contributed by atoms with Gasteiger partial charge in [0.05, 0.1) is 6.10 Å². The van der Waals surface area contributed by atoms with Gasteiger partial charge in [0.1, 0.15) is 5.83 Å². The number of hydrogen-bond acceptors (Lipinski definition) is 1. The number of halogens is 1. The van der Waals surface area contributed by atoms with Gasteiger partial charge < -0.3 is 5.11 Å². The maximum absolute atomic E-state index is 13.2. The molecule has 1 aliphatic carbocycles. The number of aliphatic hydroxyl groups excluding tert-OH is 1. The van der Waals surface area contributed by atoms with E-state index in [2.05, 4.69) is 6.58 Å². The van der Waals surface area contributed by atoms with Crippen LogP contribution < -0.4 is 0 Å². The highest BCUT2D eigenvalue weighted by Gasteiger charge is 2.50. The van der Waals surface area contributed by atoms with Crippen molar-refractivity contribution in [3.8, 4) is 0 Å². The van der Waals surface area contributed by atoms with Crippen LogP contribution >= 0.6 is 0 Å². The van der Waals surface area contributed by atoms with Crippen LogP contribution in [0.1, 0.15) is 26.7 Å². The van der Waals surface area contributed by atoms with Gasteiger partial charge in [0, 0.05) is 5.41 Å². The minimum atomic E-state index is -0.508. The van der Waals surface area contributed by atoms with Gasteiger partial charge in [-0.05, 0) is 32.3 Å². The number of hydrogen-bond donors (Lipinski definition) is 1. The summed E-state index contributed by atoms with van der Waals surface area (Å²) in [6, 6.07) is 0. The maximum Gasteiger partial charge on any atom is 0.119 e. The molecule has 0 saturated heterocycles. The molecule has 0 aromatic heterocycles. The predicted molar refractivity (Wildman–Crippen MR) is 56.5 cm³/mol. The lowest BCUT2D eigenvalue weighted by Gasteiger charge is -2.20. The second-order valence-electron chi connectivity index (χ2n) is 3.84. The van der Waals surface area contributed by atoms with Crippen molar-refractivity contribution in [1.29, 1.82) is 0 Å². The number of rotatable bonds is 4. The van der Waals surface area contributed by atoms with Crippen molar-refractivity contribution in [3.05, 3.63) is 36.2 Å². The Balaban J connectivity index is 2.95. The lowest BCUT2D eigenvalue weighted by molar-refractivity contribution is 0.130. The van der Waals surface area contributed by atoms with Crippen LogP contribution in [0, 0.1) is 5.41 Å². The van der Waals surface area contributed by atoms with Crippen molar-refractivity contribution in [2.45, 2.75) is 32.8 Å². The molecule has 0 spiro atoms. The molecule has 0 bridgehead atoms. The molecular formula is C12H17FO. The third-order valence-electron chi connectivity index (χ3n) is 2.87. The molecular weight excluding hydrogens is 179 g/mol. The summed E-state index contributed by atoms with van der Waals surface area (Å²) in [4.78, 5) is 0. The van der Waals surface area contributed by atoms with Gasteiger partial charge in [-0.3, -0.25) is 0 Å². The van der Waals surface area contributed by atoms with E-state index in [0.29, 0.717) is 5.57 Å². The first kappa shape index (κ1) is 11.2. The van der Waals surface area contributed by atoms with Gasteiger partial charge in [0.25, 0.3) is 0 Å². The fraction of sp³-hybridized carbons (Fsp3) is 0.500. The van der Waals surface area contributed by atoms with Crippen LogP contribution in [-0.2, 0) is 0 Å². The van der Waals surface area contributed by atoms with Gasteiger partial charge in [-0.25, -0.2) is 4.39 Å². The Kier molecular flexibility index (Phi) is 3.27. The second-order valence-corrected chi connectivity index (χ2v) is 3.84. The van der Waals surface area contributed by atoms with Crippen molar-refractivity contribution < 1.29 is 9.50 Å². The Labute approximate surface area is 84.6 Å². The summed E-state index contributed by atoms with van der Waals surface area (Å²) in [5, 5.41) is 9.59. The minimum absolute atomic E-state index is 0.370. The zero-order valence-corrected chi connectivity index (χ0v) is 8.76. The van der Waals surface area contributed by atoms with E-state index in [9.17, 15) is 9.50 Å². The average molecular weight is 196 g/mol. The summed E-state index contributed by atoms with van der Waals surface area (Å²) in [5.74, 6) is -0.429. The molecule has 0 aromatic rings. The van der Waals surface area contributed by atoms with E-state index in [1.54, 1.807) is 19.1 Å². The Hall–Kier alpha value is -0.890. The minimum Gasteiger partial charge on any atom is -0.392 e. The van der Waals surface area contributed by atoms with Gasteiger partial charge in [-0.2, -0.15) is 0 Å². The van der Waals surface area contributed by atoms with E-state index in [-0.39, 0.29) is 5.41 Å². The Morgan fingerprint density at radius 2 is 2.14 bits per heavy atom. The van der Waals surface area contributed by atoms with E-state index >= 15 is 0 Å². The van der Waals surface area contributed by atoms with Gasteiger partial charge >= 0.3 is 0 Å². The smallest absolute Gasteiger partial charge is 0.119 e. The summed E-state index contributed by atoms with van der Waals surface area (Å²) >= 11 is 0. The third kappa shape index (κ3) is 1.95. The van der Waals surface area contributed by atoms with Crippen molar-refractivity contribution >= 4 is 0 Å². The van der Waals surface area contributed by atoms with Crippen LogP contribution in [0.3, 0.4) is 0 Å². The fourth-order valence-corrected chi connectivity index (χ4v) is 1.77. The van der Waals surface area contributed by atoms with Crippen molar-refractivity contribution in [1.82, 2.24) is 0 Å². The highest BCUT2D eigenvalue weighted by Crippen LogP contribution is 2.56. The quantitative estimate of drug-likeness (QED) is 0.685. The Morgan fingerprint density at radius 3 is 2.43 bits per heavy atom. The zero-order valence-electron chi connectivity index (χ0n) is 8.76. The summed E-state index contributed by atoms with van der Waals surface area (Å²) in [6.45, 7) is 6.90. The topological polar surface area (TPSA) is 20.2 Å². The highest BCUT2D eigenvalue weighted by molar-refractivity contribution is 5.38. The average Bonchev–Trinajstić information content (AvgIpc) is 2.85. The molecule has 14 heavy (non-hydrogen) atoms. The first-order chi connectivity index (χ1) is 6.54. The molecule has 0 unspecified atom stereocenters. The molecule has 1 nitrogen and oxygen atoms in total. The highest BCUT2D eigenvalue weighted by atomic mass is 19.1. The van der Waals surface area contributed by atoms with E-state index in [1.807, 2.05) is 13.0 Å². The normalized spacial score (nSPS) is 22.4. The van der Waals surface area contributed by atoms with Crippen LogP contribution in [0.25, 0.3) is 0 Å². The van der Waals surface area contributed by atoms with E-state index in [4.69, 9.17) is 0 Å². The van der Waals surface area contributed by atoms with Crippen LogP contribution in [-0.4, -0.2) is 11.2 Å². The van der Waals surface area contributed by atoms with Crippen LogP contribution in [0.15, 0.2) is 36.2 Å². The molecule has 78 valence electrons. The molecule has 0 radical (unpaired) electrons. The fourth-order valence-electron chi connectivity index (χ4n) is 1.77. The van der Waals surface area contributed by atoms with Crippen molar-refractivity contribution in [3.63, 3.8) is 0 Å². The van der Waals surface area contributed by atoms with Crippen molar-refractivity contribution in [2.24, 2.45) is 5.41 Å². The standard InChI is InChI=1S/C12H17FO/c1-4-5-6-11(9(2)13)12(7-8-12)10(3)14/h4-6,10,14H,2,7-8H2,1,3H3/b5-4-,11-6+/t10-/m1/s1. The molecule has 0 aliphatic heterocycles. The van der Waals surface area contributed by atoms with Crippen LogP contribution in [0.4, 0.5) is 4.39 Å².